The van der Waals surface area contributed by atoms with Gasteiger partial charge in [0.1, 0.15) is 11.3 Å². The number of carbonyl (C=O) groups excluding carboxylic acids is 1. The number of anilines is 1. The summed E-state index contributed by atoms with van der Waals surface area (Å²) in [4.78, 5) is 22.5. The topological polar surface area (TPSA) is 98.7 Å². The number of nitrogens with one attached hydrogen (secondary N) is 2. The maximum Gasteiger partial charge on any atom is 0.339 e. The maximum absolute atomic E-state index is 11.6. The molecule has 4 N–H and O–H groups in total. The zero-order valence-electron chi connectivity index (χ0n) is 11.3. The van der Waals surface area contributed by atoms with Gasteiger partial charge < -0.3 is 20.8 Å². The first-order chi connectivity index (χ1) is 9.43. The molecule has 110 valence electrons. The summed E-state index contributed by atoms with van der Waals surface area (Å²) >= 11 is 1.71. The van der Waals surface area contributed by atoms with Crippen LogP contribution in [0, 0.1) is 5.92 Å². The number of hydrogen-bond donors (Lipinski definition) is 4. The SMILES string of the molecule is CSCC(C)CNC(=O)Nc1ccc(O)c(C(=O)O)c1. The molecule has 0 bridgehead atoms. The van der Waals surface area contributed by atoms with Crippen LogP contribution < -0.4 is 10.6 Å². The molecule has 2 amide bonds. The van der Waals surface area contributed by atoms with Gasteiger partial charge >= 0.3 is 12.0 Å². The van der Waals surface area contributed by atoms with E-state index in [0.717, 1.165) is 5.75 Å². The minimum absolute atomic E-state index is 0.251. The van der Waals surface area contributed by atoms with Gasteiger partial charge in [0.15, 0.2) is 0 Å². The number of aromatic carboxylic acids is 1. The van der Waals surface area contributed by atoms with Crippen LogP contribution in [-0.2, 0) is 0 Å². The summed E-state index contributed by atoms with van der Waals surface area (Å²) in [6.45, 7) is 2.57. The molecule has 0 radical (unpaired) electrons. The summed E-state index contributed by atoms with van der Waals surface area (Å²) in [6, 6.07) is 3.48. The highest BCUT2D eigenvalue weighted by Gasteiger charge is 2.11. The van der Waals surface area contributed by atoms with Crippen molar-refractivity contribution < 1.29 is 19.8 Å². The first kappa shape index (κ1) is 16.2. The molecular weight excluding hydrogens is 280 g/mol. The average Bonchev–Trinajstić information content (AvgIpc) is 2.39. The van der Waals surface area contributed by atoms with Gasteiger partial charge in [-0.25, -0.2) is 9.59 Å². The molecule has 0 aliphatic heterocycles. The number of carbonyl (C=O) groups is 2. The van der Waals surface area contributed by atoms with Crippen LogP contribution in [0.4, 0.5) is 10.5 Å². The van der Waals surface area contributed by atoms with Crippen LogP contribution in [0.1, 0.15) is 17.3 Å². The number of hydrogen-bond acceptors (Lipinski definition) is 4. The quantitative estimate of drug-likeness (QED) is 0.604. The summed E-state index contributed by atoms with van der Waals surface area (Å²) < 4.78 is 0. The van der Waals surface area contributed by atoms with Gasteiger partial charge in [0.05, 0.1) is 0 Å². The van der Waals surface area contributed by atoms with Crippen molar-refractivity contribution in [2.75, 3.05) is 23.9 Å². The van der Waals surface area contributed by atoms with E-state index >= 15 is 0 Å². The van der Waals surface area contributed by atoms with Crippen molar-refractivity contribution in [2.45, 2.75) is 6.92 Å². The number of thioether (sulfide) groups is 1. The monoisotopic (exact) mass is 298 g/mol. The van der Waals surface area contributed by atoms with Gasteiger partial charge in [0.2, 0.25) is 0 Å². The van der Waals surface area contributed by atoms with Crippen LogP contribution in [-0.4, -0.2) is 40.8 Å². The van der Waals surface area contributed by atoms with Gasteiger partial charge in [0.25, 0.3) is 0 Å². The molecule has 7 heteroatoms. The smallest absolute Gasteiger partial charge is 0.339 e. The van der Waals surface area contributed by atoms with Crippen molar-refractivity contribution in [3.63, 3.8) is 0 Å². The third-order valence-corrected chi connectivity index (χ3v) is 3.45. The van der Waals surface area contributed by atoms with Crippen molar-refractivity contribution in [3.05, 3.63) is 23.8 Å². The molecule has 1 aromatic carbocycles. The van der Waals surface area contributed by atoms with Gasteiger partial charge in [0, 0.05) is 12.2 Å². The second-order valence-corrected chi connectivity index (χ2v) is 5.34. The summed E-state index contributed by atoms with van der Waals surface area (Å²) in [5.74, 6) is -0.287. The highest BCUT2D eigenvalue weighted by Crippen LogP contribution is 2.21. The second kappa shape index (κ2) is 7.64. The lowest BCUT2D eigenvalue weighted by Crippen LogP contribution is -2.33. The van der Waals surface area contributed by atoms with Crippen molar-refractivity contribution in [3.8, 4) is 5.75 Å². The Bertz CT molecular complexity index is 493. The molecular formula is C13H18N2O4S. The first-order valence-corrected chi connectivity index (χ1v) is 7.43. The molecule has 0 saturated carbocycles. The third kappa shape index (κ3) is 5.00. The zero-order valence-corrected chi connectivity index (χ0v) is 12.2. The van der Waals surface area contributed by atoms with E-state index in [1.807, 2.05) is 13.2 Å². The summed E-state index contributed by atoms with van der Waals surface area (Å²) in [6.07, 6.45) is 2.00. The van der Waals surface area contributed by atoms with Crippen LogP contribution in [0.5, 0.6) is 5.75 Å². The number of rotatable bonds is 6. The van der Waals surface area contributed by atoms with Crippen molar-refractivity contribution in [1.82, 2.24) is 5.32 Å². The maximum atomic E-state index is 11.6. The first-order valence-electron chi connectivity index (χ1n) is 6.04. The van der Waals surface area contributed by atoms with E-state index in [-0.39, 0.29) is 11.3 Å². The Kier molecular flexibility index (Phi) is 6.17. The molecule has 1 atom stereocenters. The minimum atomic E-state index is -1.25. The van der Waals surface area contributed by atoms with E-state index in [4.69, 9.17) is 5.11 Å². The zero-order chi connectivity index (χ0) is 15.1. The number of phenols is 1. The predicted molar refractivity (Wildman–Crippen MR) is 79.6 cm³/mol. The van der Waals surface area contributed by atoms with E-state index in [0.29, 0.717) is 18.2 Å². The van der Waals surface area contributed by atoms with E-state index in [1.165, 1.54) is 18.2 Å². The normalized spacial score (nSPS) is 11.7. The molecule has 0 spiro atoms. The van der Waals surface area contributed by atoms with E-state index in [9.17, 15) is 14.7 Å². The Morgan fingerprint density at radius 2 is 2.10 bits per heavy atom. The molecule has 0 aliphatic carbocycles. The van der Waals surface area contributed by atoms with Crippen molar-refractivity contribution in [2.24, 2.45) is 5.92 Å². The molecule has 0 heterocycles. The Labute approximate surface area is 121 Å². The van der Waals surface area contributed by atoms with Crippen LogP contribution >= 0.6 is 11.8 Å². The highest BCUT2D eigenvalue weighted by molar-refractivity contribution is 7.98. The number of carboxylic acids is 1. The second-order valence-electron chi connectivity index (χ2n) is 4.43. The molecule has 6 nitrogen and oxygen atoms in total. The van der Waals surface area contributed by atoms with Crippen molar-refractivity contribution >= 4 is 29.4 Å². The third-order valence-electron chi connectivity index (χ3n) is 2.55. The highest BCUT2D eigenvalue weighted by atomic mass is 32.2. The van der Waals surface area contributed by atoms with Crippen LogP contribution in [0.2, 0.25) is 0 Å². The van der Waals surface area contributed by atoms with Crippen molar-refractivity contribution in [1.29, 1.82) is 0 Å². The number of carboxylic acid groups (broad SMARTS) is 1. The van der Waals surface area contributed by atoms with Crippen LogP contribution in [0.25, 0.3) is 0 Å². The lowest BCUT2D eigenvalue weighted by Gasteiger charge is -2.12. The van der Waals surface area contributed by atoms with E-state index < -0.39 is 12.0 Å². The van der Waals surface area contributed by atoms with Gasteiger partial charge in [-0.15, -0.1) is 0 Å². The number of urea groups is 1. The minimum Gasteiger partial charge on any atom is -0.507 e. The Morgan fingerprint density at radius 1 is 1.40 bits per heavy atom. The van der Waals surface area contributed by atoms with E-state index in [2.05, 4.69) is 10.6 Å². The van der Waals surface area contributed by atoms with Gasteiger partial charge in [-0.1, -0.05) is 6.92 Å². The molecule has 1 unspecified atom stereocenters. The summed E-state index contributed by atoms with van der Waals surface area (Å²) in [7, 11) is 0. The number of benzene rings is 1. The van der Waals surface area contributed by atoms with Gasteiger partial charge in [-0.2, -0.15) is 11.8 Å². The largest absolute Gasteiger partial charge is 0.507 e. The average molecular weight is 298 g/mol. The molecule has 0 fully saturated rings. The lowest BCUT2D eigenvalue weighted by molar-refractivity contribution is 0.0693. The fourth-order valence-electron chi connectivity index (χ4n) is 1.57. The summed E-state index contributed by atoms with van der Waals surface area (Å²) in [5, 5.41) is 23.5. The molecule has 0 aromatic heterocycles. The van der Waals surface area contributed by atoms with Gasteiger partial charge in [-0.05, 0) is 36.1 Å². The lowest BCUT2D eigenvalue weighted by atomic mass is 10.2. The molecule has 0 saturated heterocycles. The summed E-state index contributed by atoms with van der Waals surface area (Å²) in [5.41, 5.74) is 0.0637. The van der Waals surface area contributed by atoms with Gasteiger partial charge in [-0.3, -0.25) is 0 Å². The Balaban J connectivity index is 2.58. The Morgan fingerprint density at radius 3 is 2.70 bits per heavy atom. The van der Waals surface area contributed by atoms with Crippen LogP contribution in [0.3, 0.4) is 0 Å². The molecule has 1 aromatic rings. The van der Waals surface area contributed by atoms with Crippen LogP contribution in [0.15, 0.2) is 18.2 Å². The number of aromatic hydroxyl groups is 1. The number of amides is 2. The fraction of sp³-hybridized carbons (Fsp3) is 0.385. The van der Waals surface area contributed by atoms with E-state index in [1.54, 1.807) is 11.8 Å². The Hall–Kier alpha value is -1.89. The fourth-order valence-corrected chi connectivity index (χ4v) is 2.26. The predicted octanol–water partition coefficient (Wildman–Crippen LogP) is 2.21. The molecule has 1 rings (SSSR count). The molecule has 0 aliphatic rings. The standard InChI is InChI=1S/C13H18N2O4S/c1-8(7-20-2)6-14-13(19)15-9-3-4-11(16)10(5-9)12(17)18/h3-5,8,16H,6-7H2,1-2H3,(H,17,18)(H2,14,15,19). The molecule has 20 heavy (non-hydrogen) atoms.